The van der Waals surface area contributed by atoms with Gasteiger partial charge in [-0.05, 0) is 38.9 Å². The summed E-state index contributed by atoms with van der Waals surface area (Å²) in [5.74, 6) is 0.816. The third-order valence-corrected chi connectivity index (χ3v) is 4.27. The fourth-order valence-corrected chi connectivity index (χ4v) is 2.91. The van der Waals surface area contributed by atoms with Gasteiger partial charge in [-0.25, -0.2) is 9.97 Å². The molecule has 1 aliphatic heterocycles. The Labute approximate surface area is 119 Å². The lowest BCUT2D eigenvalue weighted by Gasteiger charge is -2.30. The Bertz CT molecular complexity index is 459. The van der Waals surface area contributed by atoms with Gasteiger partial charge in [-0.1, -0.05) is 18.7 Å². The van der Waals surface area contributed by atoms with Gasteiger partial charge in [-0.15, -0.1) is 0 Å². The van der Waals surface area contributed by atoms with Crippen LogP contribution in [0, 0.1) is 19.8 Å². The first-order valence-electron chi connectivity index (χ1n) is 6.71. The van der Waals surface area contributed by atoms with E-state index in [-0.39, 0.29) is 5.91 Å². The second kappa shape index (κ2) is 5.90. The predicted octanol–water partition coefficient (Wildman–Crippen LogP) is 2.69. The number of amides is 1. The number of aromatic nitrogens is 2. The van der Waals surface area contributed by atoms with E-state index in [0.29, 0.717) is 5.56 Å². The van der Waals surface area contributed by atoms with Crippen LogP contribution in [0.5, 0.6) is 0 Å². The fourth-order valence-electron chi connectivity index (χ4n) is 2.46. The van der Waals surface area contributed by atoms with Crippen LogP contribution in [-0.4, -0.2) is 40.1 Å². The zero-order valence-electron chi connectivity index (χ0n) is 12.1. The molecule has 0 aliphatic carbocycles. The summed E-state index contributed by atoms with van der Waals surface area (Å²) >= 11 is 1.51. The summed E-state index contributed by atoms with van der Waals surface area (Å²) < 4.78 is 0. The molecule has 1 saturated heterocycles. The smallest absolute Gasteiger partial charge is 0.257 e. The molecule has 5 heteroatoms. The van der Waals surface area contributed by atoms with Gasteiger partial charge >= 0.3 is 0 Å². The van der Waals surface area contributed by atoms with E-state index in [2.05, 4.69) is 16.9 Å². The molecule has 19 heavy (non-hydrogen) atoms. The zero-order chi connectivity index (χ0) is 14.0. The van der Waals surface area contributed by atoms with E-state index in [9.17, 15) is 4.79 Å². The molecule has 0 N–H and O–H groups in total. The predicted molar refractivity (Wildman–Crippen MR) is 77.6 cm³/mol. The molecule has 0 saturated carbocycles. The van der Waals surface area contributed by atoms with Crippen molar-refractivity contribution in [1.29, 1.82) is 0 Å². The minimum absolute atomic E-state index is 0.0922. The SMILES string of the molecule is CSc1nc(C)c(C(=O)N2CCC(C)CC2)c(C)n1. The maximum atomic E-state index is 12.6. The summed E-state index contributed by atoms with van der Waals surface area (Å²) in [5.41, 5.74) is 2.27. The van der Waals surface area contributed by atoms with Gasteiger partial charge in [-0.3, -0.25) is 4.79 Å². The Hall–Kier alpha value is -1.10. The summed E-state index contributed by atoms with van der Waals surface area (Å²) in [6, 6.07) is 0. The van der Waals surface area contributed by atoms with E-state index in [1.807, 2.05) is 25.0 Å². The third kappa shape index (κ3) is 3.08. The molecule has 0 spiro atoms. The average molecular weight is 279 g/mol. The van der Waals surface area contributed by atoms with Crippen molar-refractivity contribution in [3.8, 4) is 0 Å². The molecule has 1 aromatic rings. The number of nitrogens with zero attached hydrogens (tertiary/aromatic N) is 3. The van der Waals surface area contributed by atoms with E-state index in [0.717, 1.165) is 48.4 Å². The Morgan fingerprint density at radius 3 is 2.21 bits per heavy atom. The average Bonchev–Trinajstić information content (AvgIpc) is 2.38. The van der Waals surface area contributed by atoms with E-state index in [1.165, 1.54) is 11.8 Å². The minimum atomic E-state index is 0.0922. The Morgan fingerprint density at radius 2 is 1.74 bits per heavy atom. The summed E-state index contributed by atoms with van der Waals surface area (Å²) in [6.07, 6.45) is 4.13. The van der Waals surface area contributed by atoms with Crippen molar-refractivity contribution in [2.24, 2.45) is 5.92 Å². The monoisotopic (exact) mass is 279 g/mol. The minimum Gasteiger partial charge on any atom is -0.339 e. The van der Waals surface area contributed by atoms with E-state index >= 15 is 0 Å². The standard InChI is InChI=1S/C14H21N3OS/c1-9-5-7-17(8-6-9)13(18)12-10(2)15-14(19-4)16-11(12)3/h9H,5-8H2,1-4H3. The maximum Gasteiger partial charge on any atom is 0.257 e. The summed E-state index contributed by atoms with van der Waals surface area (Å²) in [5, 5.41) is 0.735. The van der Waals surface area contributed by atoms with Crippen LogP contribution in [0.3, 0.4) is 0 Å². The lowest BCUT2D eigenvalue weighted by atomic mass is 9.98. The van der Waals surface area contributed by atoms with Gasteiger partial charge in [0.15, 0.2) is 5.16 Å². The highest BCUT2D eigenvalue weighted by molar-refractivity contribution is 7.98. The number of likely N-dealkylation sites (tertiary alicyclic amines) is 1. The lowest BCUT2D eigenvalue weighted by molar-refractivity contribution is 0.0694. The molecular weight excluding hydrogens is 258 g/mol. The fraction of sp³-hybridized carbons (Fsp3) is 0.643. The van der Waals surface area contributed by atoms with Crippen molar-refractivity contribution < 1.29 is 4.79 Å². The Morgan fingerprint density at radius 1 is 1.21 bits per heavy atom. The first-order valence-corrected chi connectivity index (χ1v) is 7.94. The van der Waals surface area contributed by atoms with E-state index in [4.69, 9.17) is 0 Å². The van der Waals surface area contributed by atoms with Crippen molar-refractivity contribution in [2.45, 2.75) is 38.8 Å². The third-order valence-electron chi connectivity index (χ3n) is 3.72. The maximum absolute atomic E-state index is 12.6. The molecule has 0 unspecified atom stereocenters. The summed E-state index contributed by atoms with van der Waals surface area (Å²) in [7, 11) is 0. The van der Waals surface area contributed by atoms with Crippen LogP contribution in [0.15, 0.2) is 5.16 Å². The first-order chi connectivity index (χ1) is 9.02. The molecule has 0 radical (unpaired) electrons. The number of hydrogen-bond acceptors (Lipinski definition) is 4. The van der Waals surface area contributed by atoms with Crippen molar-refractivity contribution >= 4 is 17.7 Å². The van der Waals surface area contributed by atoms with Gasteiger partial charge in [0.05, 0.1) is 17.0 Å². The molecule has 1 aliphatic rings. The van der Waals surface area contributed by atoms with Crippen LogP contribution in [0.25, 0.3) is 0 Å². The van der Waals surface area contributed by atoms with Crippen molar-refractivity contribution in [3.63, 3.8) is 0 Å². The number of thioether (sulfide) groups is 1. The Balaban J connectivity index is 2.24. The highest BCUT2D eigenvalue weighted by atomic mass is 32.2. The van der Waals surface area contributed by atoms with Crippen molar-refractivity contribution in [1.82, 2.24) is 14.9 Å². The van der Waals surface area contributed by atoms with Crippen molar-refractivity contribution in [2.75, 3.05) is 19.3 Å². The second-order valence-electron chi connectivity index (χ2n) is 5.23. The molecule has 4 nitrogen and oxygen atoms in total. The Kier molecular flexibility index (Phi) is 4.45. The van der Waals surface area contributed by atoms with Gasteiger partial charge < -0.3 is 4.90 Å². The molecule has 0 bridgehead atoms. The van der Waals surface area contributed by atoms with Gasteiger partial charge in [0.25, 0.3) is 5.91 Å². The molecule has 1 fully saturated rings. The number of rotatable bonds is 2. The van der Waals surface area contributed by atoms with Gasteiger partial charge in [0.2, 0.25) is 0 Å². The zero-order valence-corrected chi connectivity index (χ0v) is 12.9. The highest BCUT2D eigenvalue weighted by Gasteiger charge is 2.25. The molecule has 0 atom stereocenters. The molecule has 2 rings (SSSR count). The van der Waals surface area contributed by atoms with Crippen LogP contribution in [0.2, 0.25) is 0 Å². The van der Waals surface area contributed by atoms with E-state index < -0.39 is 0 Å². The quantitative estimate of drug-likeness (QED) is 0.617. The topological polar surface area (TPSA) is 46.1 Å². The van der Waals surface area contributed by atoms with Crippen molar-refractivity contribution in [3.05, 3.63) is 17.0 Å². The van der Waals surface area contributed by atoms with Crippen LogP contribution < -0.4 is 0 Å². The number of carbonyl (C=O) groups excluding carboxylic acids is 1. The first kappa shape index (κ1) is 14.3. The molecule has 1 aromatic heterocycles. The normalized spacial score (nSPS) is 16.7. The number of carbonyl (C=O) groups is 1. The van der Waals surface area contributed by atoms with Crippen LogP contribution in [-0.2, 0) is 0 Å². The highest BCUT2D eigenvalue weighted by Crippen LogP contribution is 2.21. The molecule has 0 aromatic carbocycles. The largest absolute Gasteiger partial charge is 0.339 e. The van der Waals surface area contributed by atoms with Crippen LogP contribution in [0.4, 0.5) is 0 Å². The molecular formula is C14H21N3OS. The van der Waals surface area contributed by atoms with Gasteiger partial charge in [0, 0.05) is 13.1 Å². The summed E-state index contributed by atoms with van der Waals surface area (Å²) in [4.78, 5) is 23.3. The van der Waals surface area contributed by atoms with Gasteiger partial charge in [0.1, 0.15) is 0 Å². The van der Waals surface area contributed by atoms with Crippen LogP contribution in [0.1, 0.15) is 41.5 Å². The lowest BCUT2D eigenvalue weighted by Crippen LogP contribution is -2.38. The number of hydrogen-bond donors (Lipinski definition) is 0. The second-order valence-corrected chi connectivity index (χ2v) is 6.00. The van der Waals surface area contributed by atoms with E-state index in [1.54, 1.807) is 0 Å². The molecule has 104 valence electrons. The molecule has 2 heterocycles. The van der Waals surface area contributed by atoms with Crippen LogP contribution >= 0.6 is 11.8 Å². The molecule has 1 amide bonds. The summed E-state index contributed by atoms with van der Waals surface area (Å²) in [6.45, 7) is 7.74. The van der Waals surface area contributed by atoms with Gasteiger partial charge in [-0.2, -0.15) is 0 Å². The number of aryl methyl sites for hydroxylation is 2. The number of piperidine rings is 1.